The zero-order valence-corrected chi connectivity index (χ0v) is 20.3. The lowest BCUT2D eigenvalue weighted by Crippen LogP contribution is -2.47. The molecule has 0 fully saturated rings. The molecule has 0 spiro atoms. The number of nitrogens with zero attached hydrogens (tertiary/aromatic N) is 1. The van der Waals surface area contributed by atoms with Crippen molar-refractivity contribution < 1.29 is 4.39 Å². The van der Waals surface area contributed by atoms with Crippen LogP contribution in [-0.4, -0.2) is 17.7 Å². The van der Waals surface area contributed by atoms with E-state index in [4.69, 9.17) is 6.42 Å². The molecule has 0 radical (unpaired) electrons. The molecule has 0 amide bonds. The molecule has 1 heterocycles. The van der Waals surface area contributed by atoms with Gasteiger partial charge in [-0.05, 0) is 49.6 Å². The molecule has 2 nitrogen and oxygen atoms in total. The van der Waals surface area contributed by atoms with Crippen molar-refractivity contribution in [3.8, 4) is 12.3 Å². The average Bonchev–Trinajstić information content (AvgIpc) is 2.76. The van der Waals surface area contributed by atoms with Gasteiger partial charge in [0.05, 0.1) is 11.1 Å². The summed E-state index contributed by atoms with van der Waals surface area (Å²) in [6.45, 7) is 22.4. The van der Waals surface area contributed by atoms with Gasteiger partial charge in [-0.25, -0.2) is 4.39 Å². The molecule has 0 aliphatic heterocycles. The number of fused-ring (bicyclic) bond motifs is 1. The van der Waals surface area contributed by atoms with Crippen LogP contribution >= 0.6 is 0 Å². The Labute approximate surface area is 193 Å². The van der Waals surface area contributed by atoms with Crippen molar-refractivity contribution in [2.75, 3.05) is 6.67 Å². The Morgan fingerprint density at radius 2 is 1.84 bits per heavy atom. The first-order chi connectivity index (χ1) is 15.0. The number of hydrogen-bond acceptors (Lipinski definition) is 2. The van der Waals surface area contributed by atoms with E-state index >= 15 is 0 Å². The van der Waals surface area contributed by atoms with Gasteiger partial charge in [0.2, 0.25) is 0 Å². The van der Waals surface area contributed by atoms with Crippen LogP contribution in [0.4, 0.5) is 4.39 Å². The Hall–Kier alpha value is -2.86. The molecule has 0 saturated heterocycles. The summed E-state index contributed by atoms with van der Waals surface area (Å²) in [4.78, 5) is 4.64. The summed E-state index contributed by atoms with van der Waals surface area (Å²) in [5.74, 6) is 2.91. The molecule has 2 rings (SSSR count). The summed E-state index contributed by atoms with van der Waals surface area (Å²) in [6, 6.07) is 9.90. The van der Waals surface area contributed by atoms with Crippen LogP contribution in [0, 0.1) is 29.1 Å². The molecule has 0 aliphatic carbocycles. The van der Waals surface area contributed by atoms with Gasteiger partial charge >= 0.3 is 0 Å². The van der Waals surface area contributed by atoms with Crippen LogP contribution in [0.15, 0.2) is 67.5 Å². The van der Waals surface area contributed by atoms with Crippen LogP contribution in [0.25, 0.3) is 16.3 Å². The number of halogens is 1. The molecule has 3 heteroatoms. The normalized spacial score (nSPS) is 15.9. The van der Waals surface area contributed by atoms with Crippen molar-refractivity contribution in [2.24, 2.45) is 16.7 Å². The van der Waals surface area contributed by atoms with E-state index in [0.717, 1.165) is 33.3 Å². The molecule has 2 aromatic rings. The van der Waals surface area contributed by atoms with Gasteiger partial charge in [0.15, 0.2) is 0 Å². The van der Waals surface area contributed by atoms with Gasteiger partial charge in [-0.3, -0.25) is 4.98 Å². The van der Waals surface area contributed by atoms with E-state index < -0.39 is 12.1 Å². The standard InChI is InChI=1S/C29H37FN2/c1-10-28(8,19-30)26(17-20(2)3)32-23(7)29(9,21(4)5)18-22(6)27-25-14-12-11-13-24(25)15-16-31-27/h1,11-16,21,26,32H,2,6-7,17-19H2,3-5,8-9H3. The minimum atomic E-state index is -0.950. The lowest BCUT2D eigenvalue weighted by molar-refractivity contribution is 0.204. The molecule has 32 heavy (non-hydrogen) atoms. The molecule has 1 N–H and O–H groups in total. The number of allylic oxidation sites excluding steroid dienone is 2. The van der Waals surface area contributed by atoms with E-state index in [1.54, 1.807) is 6.92 Å². The maximum Gasteiger partial charge on any atom is 0.108 e. The molecule has 170 valence electrons. The molecular formula is C29H37FN2. The van der Waals surface area contributed by atoms with Crippen molar-refractivity contribution >= 4 is 16.3 Å². The van der Waals surface area contributed by atoms with E-state index in [1.807, 2.05) is 31.3 Å². The maximum atomic E-state index is 14.0. The van der Waals surface area contributed by atoms with Crippen molar-refractivity contribution in [3.05, 3.63) is 73.2 Å². The number of terminal acetylenes is 1. The van der Waals surface area contributed by atoms with E-state index in [9.17, 15) is 4.39 Å². The topological polar surface area (TPSA) is 24.9 Å². The minimum Gasteiger partial charge on any atom is -0.384 e. The minimum absolute atomic E-state index is 0.252. The first-order valence-corrected chi connectivity index (χ1v) is 11.1. The van der Waals surface area contributed by atoms with Gasteiger partial charge in [-0.2, -0.15) is 0 Å². The third-order valence-electron chi connectivity index (χ3n) is 6.83. The van der Waals surface area contributed by atoms with Crippen LogP contribution in [0.1, 0.15) is 53.2 Å². The van der Waals surface area contributed by atoms with Crippen LogP contribution in [0.5, 0.6) is 0 Å². The summed E-state index contributed by atoms with van der Waals surface area (Å²) < 4.78 is 14.0. The highest BCUT2D eigenvalue weighted by molar-refractivity contribution is 5.91. The average molecular weight is 433 g/mol. The Morgan fingerprint density at radius 1 is 1.19 bits per heavy atom. The highest BCUT2D eigenvalue weighted by Crippen LogP contribution is 2.43. The zero-order chi connectivity index (χ0) is 24.1. The number of alkyl halides is 1. The fraction of sp³-hybridized carbons (Fsp3) is 0.414. The van der Waals surface area contributed by atoms with Crippen LogP contribution in [-0.2, 0) is 0 Å². The van der Waals surface area contributed by atoms with Gasteiger partial charge < -0.3 is 5.32 Å². The number of pyridine rings is 1. The number of rotatable bonds is 11. The van der Waals surface area contributed by atoms with Crippen molar-refractivity contribution in [3.63, 3.8) is 0 Å². The van der Waals surface area contributed by atoms with Crippen LogP contribution in [0.3, 0.4) is 0 Å². The van der Waals surface area contributed by atoms with E-state index in [1.165, 1.54) is 0 Å². The van der Waals surface area contributed by atoms with Crippen molar-refractivity contribution in [1.29, 1.82) is 0 Å². The quantitative estimate of drug-likeness (QED) is 0.297. The molecule has 3 unspecified atom stereocenters. The Balaban J connectivity index is 2.37. The monoisotopic (exact) mass is 432 g/mol. The molecule has 1 aromatic carbocycles. The largest absolute Gasteiger partial charge is 0.384 e. The zero-order valence-electron chi connectivity index (χ0n) is 20.3. The first kappa shape index (κ1) is 25.4. The molecule has 3 atom stereocenters. The Morgan fingerprint density at radius 3 is 2.41 bits per heavy atom. The van der Waals surface area contributed by atoms with Crippen molar-refractivity contribution in [2.45, 2.75) is 53.5 Å². The van der Waals surface area contributed by atoms with Crippen LogP contribution in [0.2, 0.25) is 0 Å². The van der Waals surface area contributed by atoms with E-state index in [0.29, 0.717) is 12.8 Å². The number of hydrogen-bond donors (Lipinski definition) is 1. The summed E-state index contributed by atoms with van der Waals surface area (Å²) >= 11 is 0. The number of aromatic nitrogens is 1. The van der Waals surface area contributed by atoms with Gasteiger partial charge in [-0.1, -0.05) is 69.7 Å². The summed E-state index contributed by atoms with van der Waals surface area (Å²) in [7, 11) is 0. The smallest absolute Gasteiger partial charge is 0.108 e. The predicted molar refractivity (Wildman–Crippen MR) is 137 cm³/mol. The van der Waals surface area contributed by atoms with E-state index in [-0.39, 0.29) is 17.4 Å². The first-order valence-electron chi connectivity index (χ1n) is 11.1. The fourth-order valence-corrected chi connectivity index (χ4v) is 3.98. The van der Waals surface area contributed by atoms with Gasteiger partial charge in [0.1, 0.15) is 6.67 Å². The molecule has 0 bridgehead atoms. The summed E-state index contributed by atoms with van der Waals surface area (Å²) in [5, 5.41) is 5.73. The lowest BCUT2D eigenvalue weighted by atomic mass is 9.70. The third kappa shape index (κ3) is 5.30. The Kier molecular flexibility index (Phi) is 8.07. The maximum absolute atomic E-state index is 14.0. The van der Waals surface area contributed by atoms with E-state index in [2.05, 4.69) is 68.9 Å². The SMILES string of the molecule is C#CC(C)(CF)C(CC(=C)C)NC(=C)C(C)(CC(=C)c1nccc2ccccc12)C(C)C. The second-order valence-corrected chi connectivity index (χ2v) is 9.77. The van der Waals surface area contributed by atoms with Crippen LogP contribution < -0.4 is 5.32 Å². The van der Waals surface area contributed by atoms with Gasteiger partial charge in [0.25, 0.3) is 0 Å². The highest BCUT2D eigenvalue weighted by Gasteiger charge is 2.38. The number of nitrogens with one attached hydrogen (secondary N) is 1. The second kappa shape index (κ2) is 10.2. The van der Waals surface area contributed by atoms with Gasteiger partial charge in [0, 0.05) is 28.7 Å². The molecule has 0 saturated carbocycles. The number of benzene rings is 1. The second-order valence-electron chi connectivity index (χ2n) is 9.77. The third-order valence-corrected chi connectivity index (χ3v) is 6.83. The van der Waals surface area contributed by atoms with Gasteiger partial charge in [-0.15, -0.1) is 13.0 Å². The molecular weight excluding hydrogens is 395 g/mol. The highest BCUT2D eigenvalue weighted by atomic mass is 19.1. The molecule has 1 aromatic heterocycles. The summed E-state index contributed by atoms with van der Waals surface area (Å²) in [5.41, 5.74) is 2.33. The van der Waals surface area contributed by atoms with Crippen molar-refractivity contribution in [1.82, 2.24) is 10.3 Å². The Bertz CT molecular complexity index is 1040. The lowest BCUT2D eigenvalue weighted by Gasteiger charge is -2.41. The fourth-order valence-electron chi connectivity index (χ4n) is 3.98. The predicted octanol–water partition coefficient (Wildman–Crippen LogP) is 7.35. The molecule has 0 aliphatic rings. The summed E-state index contributed by atoms with van der Waals surface area (Å²) in [6.07, 6.45) is 8.80.